The molecule has 0 saturated heterocycles. The van der Waals surface area contributed by atoms with E-state index in [0.29, 0.717) is 5.69 Å². The van der Waals surface area contributed by atoms with Crippen LogP contribution in [0.25, 0.3) is 0 Å². The first-order valence-corrected chi connectivity index (χ1v) is 4.25. The molecule has 5 heteroatoms. The highest BCUT2D eigenvalue weighted by atomic mass is 19.1. The summed E-state index contributed by atoms with van der Waals surface area (Å²) >= 11 is 0. The predicted octanol–water partition coefficient (Wildman–Crippen LogP) is 1.99. The minimum atomic E-state index is -0.460. The third kappa shape index (κ3) is 2.19. The maximum absolute atomic E-state index is 13.1. The molecule has 1 aromatic heterocycles. The molecule has 0 fully saturated rings. The van der Waals surface area contributed by atoms with E-state index < -0.39 is 5.82 Å². The van der Waals surface area contributed by atoms with Gasteiger partial charge in [-0.15, -0.1) is 0 Å². The Labute approximate surface area is 85.5 Å². The van der Waals surface area contributed by atoms with Crippen molar-refractivity contribution in [1.29, 1.82) is 0 Å². The van der Waals surface area contributed by atoms with Crippen molar-refractivity contribution in [3.8, 4) is 11.8 Å². The molecule has 0 atom stereocenters. The number of hydrogen-bond acceptors (Lipinski definition) is 4. The predicted molar refractivity (Wildman–Crippen MR) is 52.9 cm³/mol. The van der Waals surface area contributed by atoms with Crippen LogP contribution in [0.15, 0.2) is 36.7 Å². The Morgan fingerprint density at radius 2 is 1.80 bits per heavy atom. The quantitative estimate of drug-likeness (QED) is 0.814. The van der Waals surface area contributed by atoms with Crippen LogP contribution in [0.1, 0.15) is 0 Å². The van der Waals surface area contributed by atoms with Gasteiger partial charge in [-0.2, -0.15) is 0 Å². The van der Waals surface area contributed by atoms with E-state index in [1.807, 2.05) is 0 Å². The van der Waals surface area contributed by atoms with Gasteiger partial charge in [0.25, 0.3) is 0 Å². The third-order valence-electron chi connectivity index (χ3n) is 1.69. The molecule has 0 unspecified atom stereocenters. The number of hydrogen-bond donors (Lipinski definition) is 1. The van der Waals surface area contributed by atoms with Crippen molar-refractivity contribution in [3.05, 3.63) is 42.5 Å². The first kappa shape index (κ1) is 9.39. The van der Waals surface area contributed by atoms with E-state index in [-0.39, 0.29) is 11.8 Å². The van der Waals surface area contributed by atoms with Gasteiger partial charge in [0.1, 0.15) is 0 Å². The van der Waals surface area contributed by atoms with Gasteiger partial charge in [-0.3, -0.25) is 0 Å². The van der Waals surface area contributed by atoms with Crippen molar-refractivity contribution in [2.75, 3.05) is 5.73 Å². The average molecular weight is 205 g/mol. The van der Waals surface area contributed by atoms with Crippen LogP contribution in [0, 0.1) is 5.82 Å². The van der Waals surface area contributed by atoms with E-state index in [0.717, 1.165) is 0 Å². The summed E-state index contributed by atoms with van der Waals surface area (Å²) in [5.74, 6) is -0.375. The minimum Gasteiger partial charge on any atom is -0.421 e. The molecule has 0 aliphatic rings. The molecule has 1 aromatic carbocycles. The Bertz CT molecular complexity index is 458. The zero-order valence-corrected chi connectivity index (χ0v) is 7.72. The standard InChI is InChI=1S/C10H8FN3O/c11-8-3-1-2-4-9(8)15-10-13-5-7(12)6-14-10/h1-6H,12H2. The summed E-state index contributed by atoms with van der Waals surface area (Å²) in [4.78, 5) is 7.58. The van der Waals surface area contributed by atoms with Crippen molar-refractivity contribution < 1.29 is 9.13 Å². The van der Waals surface area contributed by atoms with Crippen LogP contribution >= 0.6 is 0 Å². The largest absolute Gasteiger partial charge is 0.421 e. The molecular formula is C10H8FN3O. The molecule has 0 saturated carbocycles. The number of nitrogens with zero attached hydrogens (tertiary/aromatic N) is 2. The summed E-state index contributed by atoms with van der Waals surface area (Å²) in [5.41, 5.74) is 5.82. The number of ether oxygens (including phenoxy) is 1. The molecule has 0 radical (unpaired) electrons. The Hall–Kier alpha value is -2.17. The van der Waals surface area contributed by atoms with Crippen molar-refractivity contribution in [2.45, 2.75) is 0 Å². The summed E-state index contributed by atoms with van der Waals surface area (Å²) in [6, 6.07) is 6.10. The molecule has 0 aliphatic heterocycles. The molecule has 0 bridgehead atoms. The van der Waals surface area contributed by atoms with Crippen LogP contribution in [0.5, 0.6) is 11.8 Å². The lowest BCUT2D eigenvalue weighted by Crippen LogP contribution is -1.95. The van der Waals surface area contributed by atoms with Crippen molar-refractivity contribution in [1.82, 2.24) is 9.97 Å². The smallest absolute Gasteiger partial charge is 0.322 e. The molecule has 0 aliphatic carbocycles. The first-order chi connectivity index (χ1) is 7.25. The van der Waals surface area contributed by atoms with E-state index >= 15 is 0 Å². The maximum atomic E-state index is 13.1. The van der Waals surface area contributed by atoms with Crippen molar-refractivity contribution >= 4 is 5.69 Å². The molecule has 15 heavy (non-hydrogen) atoms. The fourth-order valence-electron chi connectivity index (χ4n) is 1.00. The van der Waals surface area contributed by atoms with Crippen LogP contribution in [0.4, 0.5) is 10.1 Å². The Balaban J connectivity index is 2.22. The summed E-state index contributed by atoms with van der Waals surface area (Å²) in [5, 5.41) is 0. The van der Waals surface area contributed by atoms with E-state index in [1.54, 1.807) is 12.1 Å². The van der Waals surface area contributed by atoms with Gasteiger partial charge in [0.2, 0.25) is 0 Å². The number of para-hydroxylation sites is 1. The Morgan fingerprint density at radius 1 is 1.13 bits per heavy atom. The lowest BCUT2D eigenvalue weighted by Gasteiger charge is -2.03. The molecule has 0 spiro atoms. The highest BCUT2D eigenvalue weighted by molar-refractivity contribution is 5.32. The van der Waals surface area contributed by atoms with Gasteiger partial charge in [-0.05, 0) is 12.1 Å². The monoisotopic (exact) mass is 205 g/mol. The molecule has 2 aromatic rings. The van der Waals surface area contributed by atoms with E-state index in [1.165, 1.54) is 24.5 Å². The first-order valence-electron chi connectivity index (χ1n) is 4.25. The lowest BCUT2D eigenvalue weighted by atomic mass is 10.3. The molecule has 2 N–H and O–H groups in total. The molecule has 1 heterocycles. The van der Waals surface area contributed by atoms with Crippen LogP contribution in [0.3, 0.4) is 0 Å². The van der Waals surface area contributed by atoms with Gasteiger partial charge in [0, 0.05) is 0 Å². The number of halogens is 1. The number of benzene rings is 1. The second-order valence-electron chi connectivity index (χ2n) is 2.83. The van der Waals surface area contributed by atoms with Gasteiger partial charge in [-0.25, -0.2) is 14.4 Å². The van der Waals surface area contributed by atoms with Gasteiger partial charge >= 0.3 is 6.01 Å². The summed E-state index contributed by atoms with van der Waals surface area (Å²) in [6.07, 6.45) is 2.78. The molecule has 0 amide bonds. The van der Waals surface area contributed by atoms with Crippen molar-refractivity contribution in [3.63, 3.8) is 0 Å². The van der Waals surface area contributed by atoms with Crippen LogP contribution in [-0.4, -0.2) is 9.97 Å². The zero-order chi connectivity index (χ0) is 10.7. The number of nitrogens with two attached hydrogens (primary N) is 1. The van der Waals surface area contributed by atoms with E-state index in [9.17, 15) is 4.39 Å². The highest BCUT2D eigenvalue weighted by Crippen LogP contribution is 2.20. The van der Waals surface area contributed by atoms with Crippen molar-refractivity contribution in [2.24, 2.45) is 0 Å². The second-order valence-corrected chi connectivity index (χ2v) is 2.83. The minimum absolute atomic E-state index is 0.0642. The number of aromatic nitrogens is 2. The average Bonchev–Trinajstić information content (AvgIpc) is 2.25. The molecule has 2 rings (SSSR count). The Kier molecular flexibility index (Phi) is 2.45. The zero-order valence-electron chi connectivity index (χ0n) is 7.72. The SMILES string of the molecule is Nc1cnc(Oc2ccccc2F)nc1. The van der Waals surface area contributed by atoms with E-state index in [2.05, 4.69) is 9.97 Å². The molecular weight excluding hydrogens is 197 g/mol. The van der Waals surface area contributed by atoms with Gasteiger partial charge in [-0.1, -0.05) is 12.1 Å². The Morgan fingerprint density at radius 3 is 2.47 bits per heavy atom. The number of rotatable bonds is 2. The summed E-state index contributed by atoms with van der Waals surface area (Å²) in [6.45, 7) is 0. The summed E-state index contributed by atoms with van der Waals surface area (Å²) in [7, 11) is 0. The molecule has 76 valence electrons. The topological polar surface area (TPSA) is 61.0 Å². The molecule has 4 nitrogen and oxygen atoms in total. The third-order valence-corrected chi connectivity index (χ3v) is 1.69. The van der Waals surface area contributed by atoms with Gasteiger partial charge in [0.15, 0.2) is 11.6 Å². The van der Waals surface area contributed by atoms with Crippen LogP contribution < -0.4 is 10.5 Å². The van der Waals surface area contributed by atoms with Gasteiger partial charge in [0.05, 0.1) is 18.1 Å². The van der Waals surface area contributed by atoms with Crippen LogP contribution in [-0.2, 0) is 0 Å². The fraction of sp³-hybridized carbons (Fsp3) is 0. The van der Waals surface area contributed by atoms with E-state index in [4.69, 9.17) is 10.5 Å². The van der Waals surface area contributed by atoms with Crippen LogP contribution in [0.2, 0.25) is 0 Å². The maximum Gasteiger partial charge on any atom is 0.322 e. The highest BCUT2D eigenvalue weighted by Gasteiger charge is 2.04. The number of anilines is 1. The second kappa shape index (κ2) is 3.91. The fourth-order valence-corrected chi connectivity index (χ4v) is 1.00. The van der Waals surface area contributed by atoms with Gasteiger partial charge < -0.3 is 10.5 Å². The lowest BCUT2D eigenvalue weighted by molar-refractivity contribution is 0.411. The number of nitrogen functional groups attached to an aromatic ring is 1. The summed E-state index contributed by atoms with van der Waals surface area (Å²) < 4.78 is 18.3. The normalized spacial score (nSPS) is 9.93.